The van der Waals surface area contributed by atoms with Crippen molar-refractivity contribution in [3.8, 4) is 0 Å². The Morgan fingerprint density at radius 2 is 1.78 bits per heavy atom. The third kappa shape index (κ3) is 4.27. The molecule has 3 fully saturated rings. The average molecular weight is 518 g/mol. The third-order valence-electron chi connectivity index (χ3n) is 6.57. The number of rotatable bonds is 6. The molecule has 4 atom stereocenters. The smallest absolute Gasteiger partial charge is 0.327 e. The monoisotopic (exact) mass is 517 g/mol. The summed E-state index contributed by atoms with van der Waals surface area (Å²) in [5, 5.41) is 14.2. The number of carboxylic acid groups (broad SMARTS) is 1. The van der Waals surface area contributed by atoms with Gasteiger partial charge in [0, 0.05) is 24.4 Å². The van der Waals surface area contributed by atoms with Gasteiger partial charge >= 0.3 is 23.8 Å². The van der Waals surface area contributed by atoms with E-state index in [2.05, 4.69) is 10.6 Å². The molecule has 1 aromatic carbocycles. The van der Waals surface area contributed by atoms with E-state index in [-0.39, 0.29) is 13.1 Å². The predicted molar refractivity (Wildman–Crippen MR) is 127 cm³/mol. The van der Waals surface area contributed by atoms with Crippen LogP contribution in [0.1, 0.15) is 32.4 Å². The summed E-state index contributed by atoms with van der Waals surface area (Å²) in [6.07, 6.45) is 0. The first-order chi connectivity index (χ1) is 17.0. The fraction of sp³-hybridized carbons (Fsp3) is 0.478. The Hall–Kier alpha value is -3.61. The van der Waals surface area contributed by atoms with Gasteiger partial charge in [0.05, 0.1) is 0 Å². The van der Waals surface area contributed by atoms with Crippen molar-refractivity contribution in [2.75, 3.05) is 19.6 Å². The van der Waals surface area contributed by atoms with E-state index in [0.717, 1.165) is 4.90 Å². The van der Waals surface area contributed by atoms with Crippen molar-refractivity contribution in [3.05, 3.63) is 35.9 Å². The largest absolute Gasteiger partial charge is 0.480 e. The molecule has 0 unspecified atom stereocenters. The number of piperazine rings is 1. The van der Waals surface area contributed by atoms with E-state index in [0.29, 0.717) is 12.1 Å². The van der Waals surface area contributed by atoms with Crippen LogP contribution in [0.5, 0.6) is 0 Å². The lowest BCUT2D eigenvalue weighted by molar-refractivity contribution is -0.161. The van der Waals surface area contributed by atoms with Gasteiger partial charge < -0.3 is 25.5 Å². The van der Waals surface area contributed by atoms with Gasteiger partial charge in [0.2, 0.25) is 11.8 Å². The van der Waals surface area contributed by atoms with Crippen LogP contribution < -0.4 is 10.6 Å². The van der Waals surface area contributed by atoms with E-state index < -0.39 is 63.9 Å². The van der Waals surface area contributed by atoms with Crippen LogP contribution in [0.2, 0.25) is 0 Å². The molecule has 12 nitrogen and oxygen atoms in total. The zero-order valence-electron chi connectivity index (χ0n) is 20.0. The second kappa shape index (κ2) is 9.45. The highest BCUT2D eigenvalue weighted by Gasteiger charge is 2.64. The van der Waals surface area contributed by atoms with Crippen molar-refractivity contribution in [1.82, 2.24) is 25.3 Å². The maximum Gasteiger partial charge on any atom is 0.327 e. The van der Waals surface area contributed by atoms with Crippen LogP contribution in [0.4, 0.5) is 4.79 Å². The van der Waals surface area contributed by atoms with Gasteiger partial charge in [-0.25, -0.2) is 9.59 Å². The summed E-state index contributed by atoms with van der Waals surface area (Å²) in [6.45, 7) is 5.67. The summed E-state index contributed by atoms with van der Waals surface area (Å²) < 4.78 is -0.758. The number of aliphatic carboxylic acids is 1. The van der Waals surface area contributed by atoms with Gasteiger partial charge in [-0.05, 0) is 26.3 Å². The van der Waals surface area contributed by atoms with Gasteiger partial charge in [-0.15, -0.1) is 11.8 Å². The Balaban J connectivity index is 1.51. The number of hydrogen-bond donors (Lipinski definition) is 3. The van der Waals surface area contributed by atoms with E-state index in [9.17, 15) is 33.9 Å². The van der Waals surface area contributed by atoms with Crippen molar-refractivity contribution in [3.63, 3.8) is 0 Å². The number of nitrogens with zero attached hydrogens (tertiary/aromatic N) is 3. The number of thioether (sulfide) groups is 1. The van der Waals surface area contributed by atoms with Gasteiger partial charge in [-0.3, -0.25) is 24.1 Å². The second-order valence-electron chi connectivity index (χ2n) is 9.22. The van der Waals surface area contributed by atoms with Crippen molar-refractivity contribution in [2.45, 2.75) is 49.0 Å². The molecule has 4 rings (SSSR count). The quantitative estimate of drug-likeness (QED) is 0.345. The molecule has 36 heavy (non-hydrogen) atoms. The van der Waals surface area contributed by atoms with Crippen LogP contribution in [0.15, 0.2) is 30.3 Å². The Morgan fingerprint density at radius 1 is 1.11 bits per heavy atom. The SMILES string of the molecule is CCN1CCN(C(=O)N[C@@H](C(=O)N[C@H]2C(=O)N3[C@@H]2SC(C)(C)[C@H]3C(=O)O)c2ccccc2)C(=O)C1=O. The highest BCUT2D eigenvalue weighted by Crippen LogP contribution is 2.50. The molecule has 3 aliphatic heterocycles. The van der Waals surface area contributed by atoms with Gasteiger partial charge in [-0.2, -0.15) is 0 Å². The number of carbonyl (C=O) groups excluding carboxylic acids is 5. The Labute approximate surface area is 211 Å². The number of carbonyl (C=O) groups is 6. The van der Waals surface area contributed by atoms with Crippen molar-refractivity contribution in [1.29, 1.82) is 0 Å². The lowest BCUT2D eigenvalue weighted by atomic mass is 9.95. The number of hydrogen-bond acceptors (Lipinski definition) is 7. The van der Waals surface area contributed by atoms with Gasteiger partial charge in [0.25, 0.3) is 0 Å². The number of amides is 6. The van der Waals surface area contributed by atoms with Crippen LogP contribution in [-0.4, -0.2) is 97.3 Å². The number of carboxylic acids is 1. The molecule has 3 N–H and O–H groups in total. The maximum atomic E-state index is 13.3. The van der Waals surface area contributed by atoms with E-state index >= 15 is 0 Å². The number of nitrogens with one attached hydrogen (secondary N) is 2. The van der Waals surface area contributed by atoms with Gasteiger partial charge in [0.1, 0.15) is 23.5 Å². The lowest BCUT2D eigenvalue weighted by Crippen LogP contribution is -2.71. The molecular weight excluding hydrogens is 490 g/mol. The minimum atomic E-state index is -1.26. The Bertz CT molecular complexity index is 1130. The van der Waals surface area contributed by atoms with E-state index in [1.54, 1.807) is 51.1 Å². The fourth-order valence-electron chi connectivity index (χ4n) is 4.70. The highest BCUT2D eigenvalue weighted by molar-refractivity contribution is 8.01. The topological polar surface area (TPSA) is 156 Å². The van der Waals surface area contributed by atoms with Gasteiger partial charge in [0.15, 0.2) is 0 Å². The molecule has 0 saturated carbocycles. The van der Waals surface area contributed by atoms with Crippen LogP contribution in [0, 0.1) is 0 Å². The minimum absolute atomic E-state index is 0.0200. The molecular formula is C23H27N5O7S. The molecule has 1 aromatic rings. The van der Waals surface area contributed by atoms with Gasteiger partial charge in [-0.1, -0.05) is 30.3 Å². The summed E-state index contributed by atoms with van der Waals surface area (Å²) in [7, 11) is 0. The molecule has 6 amide bonds. The first kappa shape index (κ1) is 25.5. The summed E-state index contributed by atoms with van der Waals surface area (Å²) in [4.78, 5) is 78.8. The molecule has 0 aromatic heterocycles. The Morgan fingerprint density at radius 3 is 2.39 bits per heavy atom. The minimum Gasteiger partial charge on any atom is -0.480 e. The molecule has 13 heteroatoms. The zero-order chi connectivity index (χ0) is 26.4. The molecule has 0 aliphatic carbocycles. The summed E-state index contributed by atoms with van der Waals surface area (Å²) >= 11 is 1.28. The van der Waals surface area contributed by atoms with Crippen LogP contribution in [0.25, 0.3) is 0 Å². The van der Waals surface area contributed by atoms with Crippen molar-refractivity contribution < 1.29 is 33.9 Å². The summed E-state index contributed by atoms with van der Waals surface area (Å²) in [5.74, 6) is -4.12. The molecule has 0 radical (unpaired) electrons. The van der Waals surface area contributed by atoms with Crippen LogP contribution in [0.3, 0.4) is 0 Å². The second-order valence-corrected chi connectivity index (χ2v) is 11.0. The number of likely N-dealkylation sites (N-methyl/N-ethyl adjacent to an activating group) is 1. The molecule has 3 saturated heterocycles. The summed E-state index contributed by atoms with van der Waals surface area (Å²) in [5.41, 5.74) is 0.403. The van der Waals surface area contributed by atoms with E-state index in [1.165, 1.54) is 21.6 Å². The lowest BCUT2D eigenvalue weighted by Gasteiger charge is -2.44. The number of imide groups is 1. The molecule has 0 bridgehead atoms. The molecule has 0 spiro atoms. The zero-order valence-corrected chi connectivity index (χ0v) is 20.8. The average Bonchev–Trinajstić information content (AvgIpc) is 3.10. The predicted octanol–water partition coefficient (Wildman–Crippen LogP) is -0.240. The normalized spacial score (nSPS) is 25.7. The molecule has 192 valence electrons. The standard InChI is InChI=1S/C23H27N5O7S/c1-4-26-10-11-27(19(32)18(26)31)22(35)25-13(12-8-6-5-7-9-12)16(29)24-14-17(30)28-15(21(33)34)23(2,3)36-20(14)28/h5-9,13-15,20H,4,10-11H2,1-3H3,(H,24,29)(H,25,35)(H,33,34)/t13-,14+,15-,20-/m1/s1. The number of β-lactam (4-membered cyclic amide) rings is 1. The molecule has 3 heterocycles. The van der Waals surface area contributed by atoms with Crippen LogP contribution >= 0.6 is 11.8 Å². The third-order valence-corrected chi connectivity index (χ3v) is 8.14. The highest BCUT2D eigenvalue weighted by atomic mass is 32.2. The van der Waals surface area contributed by atoms with Crippen molar-refractivity contribution >= 4 is 47.4 Å². The number of urea groups is 1. The van der Waals surface area contributed by atoms with Crippen molar-refractivity contribution in [2.24, 2.45) is 0 Å². The number of benzene rings is 1. The Kier molecular flexibility index (Phi) is 6.69. The maximum absolute atomic E-state index is 13.3. The van der Waals surface area contributed by atoms with E-state index in [1.807, 2.05) is 0 Å². The fourth-order valence-corrected chi connectivity index (χ4v) is 6.32. The number of fused-ring (bicyclic) bond motifs is 1. The first-order valence-corrected chi connectivity index (χ1v) is 12.3. The first-order valence-electron chi connectivity index (χ1n) is 11.5. The summed E-state index contributed by atoms with van der Waals surface area (Å²) in [6, 6.07) is 4.11. The molecule has 3 aliphatic rings. The van der Waals surface area contributed by atoms with E-state index in [4.69, 9.17) is 0 Å². The van der Waals surface area contributed by atoms with Crippen LogP contribution in [-0.2, 0) is 24.0 Å².